The van der Waals surface area contributed by atoms with E-state index in [1.54, 1.807) is 13.8 Å². The van der Waals surface area contributed by atoms with Gasteiger partial charge in [-0.25, -0.2) is 0 Å². The molecule has 0 aliphatic rings. The first-order valence-corrected chi connectivity index (χ1v) is 5.59. The van der Waals surface area contributed by atoms with Crippen LogP contribution in [0.25, 0.3) is 0 Å². The highest BCUT2D eigenvalue weighted by atomic mass is 16.3. The van der Waals surface area contributed by atoms with Crippen LogP contribution in [-0.4, -0.2) is 58.2 Å². The predicted octanol–water partition coefficient (Wildman–Crippen LogP) is 0.0669. The van der Waals surface area contributed by atoms with Crippen molar-refractivity contribution in [1.29, 1.82) is 0 Å². The van der Waals surface area contributed by atoms with E-state index in [-0.39, 0.29) is 5.92 Å². The van der Waals surface area contributed by atoms with Gasteiger partial charge >= 0.3 is 0 Å². The summed E-state index contributed by atoms with van der Waals surface area (Å²) in [4.78, 5) is 1.89. The molecule has 4 nitrogen and oxygen atoms in total. The van der Waals surface area contributed by atoms with E-state index < -0.39 is 18.3 Å². The maximum atomic E-state index is 9.72. The molecule has 0 aromatic rings. The van der Waals surface area contributed by atoms with E-state index in [0.717, 1.165) is 0 Å². The Labute approximate surface area is 92.5 Å². The van der Waals surface area contributed by atoms with E-state index in [1.807, 2.05) is 18.7 Å². The fourth-order valence-corrected chi connectivity index (χ4v) is 1.45. The summed E-state index contributed by atoms with van der Waals surface area (Å²) in [7, 11) is 0. The molecule has 4 heteroatoms. The predicted molar refractivity (Wildman–Crippen MR) is 60.6 cm³/mol. The lowest BCUT2D eigenvalue weighted by molar-refractivity contribution is 0.0319. The van der Waals surface area contributed by atoms with Crippen molar-refractivity contribution in [3.05, 3.63) is 0 Å². The second kappa shape index (κ2) is 7.17. The summed E-state index contributed by atoms with van der Waals surface area (Å²) in [6.45, 7) is 8.77. The number of aliphatic hydroxyl groups excluding tert-OH is 3. The van der Waals surface area contributed by atoms with Gasteiger partial charge in [-0.1, -0.05) is 13.8 Å². The summed E-state index contributed by atoms with van der Waals surface area (Å²) in [5.74, 6) is 0.190. The summed E-state index contributed by atoms with van der Waals surface area (Å²) in [6.07, 6.45) is -1.30. The van der Waals surface area contributed by atoms with Gasteiger partial charge < -0.3 is 15.3 Å². The SMILES string of the molecule is CC(O)CN(CC(C)O)CC(O)C(C)C. The van der Waals surface area contributed by atoms with Crippen LogP contribution in [-0.2, 0) is 0 Å². The Kier molecular flexibility index (Phi) is 7.09. The summed E-state index contributed by atoms with van der Waals surface area (Å²) in [5.41, 5.74) is 0. The molecule has 0 saturated heterocycles. The highest BCUT2D eigenvalue weighted by Gasteiger charge is 2.17. The molecule has 3 atom stereocenters. The van der Waals surface area contributed by atoms with Gasteiger partial charge in [0.05, 0.1) is 18.3 Å². The van der Waals surface area contributed by atoms with E-state index >= 15 is 0 Å². The zero-order valence-electron chi connectivity index (χ0n) is 10.2. The topological polar surface area (TPSA) is 63.9 Å². The monoisotopic (exact) mass is 219 g/mol. The van der Waals surface area contributed by atoms with Gasteiger partial charge in [-0.05, 0) is 19.8 Å². The van der Waals surface area contributed by atoms with E-state index in [1.165, 1.54) is 0 Å². The van der Waals surface area contributed by atoms with Gasteiger partial charge in [0, 0.05) is 19.6 Å². The molecule has 0 amide bonds. The van der Waals surface area contributed by atoms with Crippen LogP contribution in [0, 0.1) is 5.92 Å². The van der Waals surface area contributed by atoms with Crippen molar-refractivity contribution in [3.8, 4) is 0 Å². The molecule has 0 aliphatic heterocycles. The Morgan fingerprint density at radius 2 is 1.20 bits per heavy atom. The molecule has 15 heavy (non-hydrogen) atoms. The number of rotatable bonds is 7. The molecular weight excluding hydrogens is 194 g/mol. The Bertz CT molecular complexity index is 150. The molecule has 0 spiro atoms. The summed E-state index contributed by atoms with van der Waals surface area (Å²) < 4.78 is 0. The standard InChI is InChI=1S/C11H25NO3/c1-8(2)11(15)7-12(5-9(3)13)6-10(4)14/h8-11,13-15H,5-7H2,1-4H3. The van der Waals surface area contributed by atoms with E-state index in [2.05, 4.69) is 0 Å². The minimum atomic E-state index is -0.442. The van der Waals surface area contributed by atoms with Crippen molar-refractivity contribution in [2.45, 2.75) is 46.0 Å². The second-order valence-electron chi connectivity index (χ2n) is 4.73. The Hall–Kier alpha value is -0.160. The van der Waals surface area contributed by atoms with Gasteiger partial charge in [-0.15, -0.1) is 0 Å². The smallest absolute Gasteiger partial charge is 0.0690 e. The minimum Gasteiger partial charge on any atom is -0.392 e. The van der Waals surface area contributed by atoms with Crippen molar-refractivity contribution in [2.75, 3.05) is 19.6 Å². The first kappa shape index (κ1) is 14.8. The molecule has 0 bridgehead atoms. The summed E-state index contributed by atoms with van der Waals surface area (Å²) >= 11 is 0. The van der Waals surface area contributed by atoms with Gasteiger partial charge in [0.2, 0.25) is 0 Å². The molecule has 0 aromatic carbocycles. The molecule has 0 heterocycles. The number of hydrogen-bond acceptors (Lipinski definition) is 4. The Balaban J connectivity index is 4.11. The Morgan fingerprint density at radius 1 is 0.800 bits per heavy atom. The molecule has 0 aliphatic carbocycles. The minimum absolute atomic E-state index is 0.190. The molecule has 3 unspecified atom stereocenters. The van der Waals surface area contributed by atoms with Gasteiger partial charge in [-0.2, -0.15) is 0 Å². The van der Waals surface area contributed by atoms with Crippen LogP contribution in [0.1, 0.15) is 27.7 Å². The lowest BCUT2D eigenvalue weighted by Crippen LogP contribution is -2.42. The van der Waals surface area contributed by atoms with Gasteiger partial charge in [-0.3, -0.25) is 4.90 Å². The lowest BCUT2D eigenvalue weighted by atomic mass is 10.1. The molecule has 0 saturated carbocycles. The fourth-order valence-electron chi connectivity index (χ4n) is 1.45. The number of nitrogens with zero attached hydrogens (tertiary/aromatic N) is 1. The number of aliphatic hydroxyl groups is 3. The molecule has 0 fully saturated rings. The van der Waals surface area contributed by atoms with Crippen molar-refractivity contribution in [3.63, 3.8) is 0 Å². The van der Waals surface area contributed by atoms with Crippen molar-refractivity contribution < 1.29 is 15.3 Å². The average Bonchev–Trinajstić information content (AvgIpc) is 2.00. The van der Waals surface area contributed by atoms with E-state index in [0.29, 0.717) is 19.6 Å². The van der Waals surface area contributed by atoms with Crippen LogP contribution in [0.15, 0.2) is 0 Å². The summed E-state index contributed by atoms with van der Waals surface area (Å²) in [6, 6.07) is 0. The van der Waals surface area contributed by atoms with Crippen LogP contribution in [0.2, 0.25) is 0 Å². The van der Waals surface area contributed by atoms with Gasteiger partial charge in [0.1, 0.15) is 0 Å². The molecular formula is C11H25NO3. The third-order valence-corrected chi connectivity index (χ3v) is 2.26. The summed E-state index contributed by atoms with van der Waals surface area (Å²) in [5, 5.41) is 28.3. The zero-order valence-corrected chi connectivity index (χ0v) is 10.2. The van der Waals surface area contributed by atoms with Crippen LogP contribution in [0.5, 0.6) is 0 Å². The molecule has 0 aromatic heterocycles. The highest BCUT2D eigenvalue weighted by Crippen LogP contribution is 2.05. The van der Waals surface area contributed by atoms with Crippen molar-refractivity contribution >= 4 is 0 Å². The Morgan fingerprint density at radius 3 is 1.47 bits per heavy atom. The number of hydrogen-bond donors (Lipinski definition) is 3. The molecule has 92 valence electrons. The average molecular weight is 219 g/mol. The largest absolute Gasteiger partial charge is 0.392 e. The highest BCUT2D eigenvalue weighted by molar-refractivity contribution is 4.70. The third-order valence-electron chi connectivity index (χ3n) is 2.26. The van der Waals surface area contributed by atoms with Crippen LogP contribution in [0.4, 0.5) is 0 Å². The van der Waals surface area contributed by atoms with Crippen LogP contribution < -0.4 is 0 Å². The molecule has 0 radical (unpaired) electrons. The van der Waals surface area contributed by atoms with Crippen molar-refractivity contribution in [2.24, 2.45) is 5.92 Å². The fraction of sp³-hybridized carbons (Fsp3) is 1.00. The van der Waals surface area contributed by atoms with Crippen LogP contribution in [0.3, 0.4) is 0 Å². The van der Waals surface area contributed by atoms with Crippen LogP contribution >= 0.6 is 0 Å². The molecule has 0 rings (SSSR count). The maximum absolute atomic E-state index is 9.72. The van der Waals surface area contributed by atoms with Crippen molar-refractivity contribution in [1.82, 2.24) is 4.90 Å². The quantitative estimate of drug-likeness (QED) is 0.567. The molecule has 3 N–H and O–H groups in total. The first-order valence-electron chi connectivity index (χ1n) is 5.59. The van der Waals surface area contributed by atoms with Gasteiger partial charge in [0.15, 0.2) is 0 Å². The third kappa shape index (κ3) is 7.73. The normalized spacial score (nSPS) is 18.2. The van der Waals surface area contributed by atoms with E-state index in [4.69, 9.17) is 0 Å². The maximum Gasteiger partial charge on any atom is 0.0690 e. The lowest BCUT2D eigenvalue weighted by Gasteiger charge is -2.28. The second-order valence-corrected chi connectivity index (χ2v) is 4.73. The zero-order chi connectivity index (χ0) is 12.0. The first-order chi connectivity index (χ1) is 6.82. The van der Waals surface area contributed by atoms with E-state index in [9.17, 15) is 15.3 Å². The van der Waals surface area contributed by atoms with Gasteiger partial charge in [0.25, 0.3) is 0 Å².